The van der Waals surface area contributed by atoms with Gasteiger partial charge in [-0.3, -0.25) is 0 Å². The molecule has 0 aromatic heterocycles. The number of hydrogen-bond acceptors (Lipinski definition) is 2. The van der Waals surface area contributed by atoms with Crippen LogP contribution in [0.15, 0.2) is 47.6 Å². The van der Waals surface area contributed by atoms with Crippen molar-refractivity contribution >= 4 is 0 Å². The molecule has 3 aliphatic carbocycles. The zero-order valence-corrected chi connectivity index (χ0v) is 18.5. The molecule has 6 atom stereocenters. The maximum absolute atomic E-state index is 11.0. The van der Waals surface area contributed by atoms with Crippen LogP contribution in [0, 0.1) is 29.1 Å². The molecule has 0 bridgehead atoms. The van der Waals surface area contributed by atoms with E-state index in [1.165, 1.54) is 5.57 Å². The summed E-state index contributed by atoms with van der Waals surface area (Å²) in [5.41, 5.74) is 0.106. The SMILES string of the molecule is [2H]C([2H])([2H])[C@@H](/C=C/[C@@H](C)[C@H]1CC[C@H]2/C(=C/C=C3/C[C@@H](O)CCC3=C)CCC[C@]12C)C(O)(C([2H])([2H])[2H])C([2H])([2H])[2H]. The van der Waals surface area contributed by atoms with Gasteiger partial charge in [-0.1, -0.05) is 62.7 Å². The topological polar surface area (TPSA) is 40.5 Å². The van der Waals surface area contributed by atoms with E-state index in [0.29, 0.717) is 12.3 Å². The zero-order valence-electron chi connectivity index (χ0n) is 27.5. The number of rotatable bonds is 5. The van der Waals surface area contributed by atoms with E-state index in [1.54, 1.807) is 6.08 Å². The number of hydrogen-bond donors (Lipinski definition) is 2. The van der Waals surface area contributed by atoms with Gasteiger partial charge in [-0.2, -0.15) is 0 Å². The van der Waals surface area contributed by atoms with Crippen molar-refractivity contribution in [3.63, 3.8) is 0 Å². The average Bonchev–Trinajstić information content (AvgIpc) is 3.14. The first-order valence-corrected chi connectivity index (χ1v) is 11.4. The second-order valence-electron chi connectivity index (χ2n) is 10.0. The van der Waals surface area contributed by atoms with E-state index in [4.69, 9.17) is 12.3 Å². The normalized spacial score (nSPS) is 43.4. The molecule has 2 heteroatoms. The fraction of sp³-hybridized carbons (Fsp3) is 0.714. The van der Waals surface area contributed by atoms with E-state index in [0.717, 1.165) is 62.2 Å². The van der Waals surface area contributed by atoms with E-state index in [2.05, 4.69) is 25.7 Å². The van der Waals surface area contributed by atoms with Gasteiger partial charge in [0, 0.05) is 18.3 Å². The van der Waals surface area contributed by atoms with Crippen LogP contribution in [0.3, 0.4) is 0 Å². The van der Waals surface area contributed by atoms with E-state index >= 15 is 0 Å². The van der Waals surface area contributed by atoms with E-state index in [-0.39, 0.29) is 23.4 Å². The van der Waals surface area contributed by atoms with Gasteiger partial charge in [0.25, 0.3) is 0 Å². The molecule has 3 fully saturated rings. The van der Waals surface area contributed by atoms with Crippen molar-refractivity contribution in [2.45, 2.75) is 97.5 Å². The van der Waals surface area contributed by atoms with Gasteiger partial charge in [-0.25, -0.2) is 0 Å². The van der Waals surface area contributed by atoms with Crippen LogP contribution in [0.1, 0.15) is 98.1 Å². The van der Waals surface area contributed by atoms with Gasteiger partial charge in [0.1, 0.15) is 0 Å². The molecule has 2 nitrogen and oxygen atoms in total. The Labute approximate surface area is 197 Å². The molecule has 0 spiro atoms. The third-order valence-electron chi connectivity index (χ3n) is 7.92. The van der Waals surface area contributed by atoms with Crippen LogP contribution >= 0.6 is 0 Å². The summed E-state index contributed by atoms with van der Waals surface area (Å²) in [4.78, 5) is 0. The lowest BCUT2D eigenvalue weighted by atomic mass is 9.61. The summed E-state index contributed by atoms with van der Waals surface area (Å²) >= 11 is 0. The standard InChI is InChI=1S/C28H44O2/c1-19-10-14-24(29)18-23(19)13-12-22-8-7-17-28(6)25(15-16-26(22)28)20(2)9-11-21(3)27(4,5)30/h9,11-13,20-21,24-26,29-30H,1,7-8,10,14-18H2,2-6H3/b11-9+,22-12+,23-13-/t20-,21+,24+,25-,26+,28-/m1/s1/i3D3,4D3,5D3. The fourth-order valence-electron chi connectivity index (χ4n) is 6.10. The first-order chi connectivity index (χ1) is 17.7. The molecule has 168 valence electrons. The molecule has 0 unspecified atom stereocenters. The molecular formula is C28H44O2. The molecule has 2 N–H and O–H groups in total. The van der Waals surface area contributed by atoms with Crippen molar-refractivity contribution in [2.24, 2.45) is 29.1 Å². The summed E-state index contributed by atoms with van der Waals surface area (Å²) in [6.45, 7) is -1.48. The van der Waals surface area contributed by atoms with Gasteiger partial charge < -0.3 is 10.2 Å². The van der Waals surface area contributed by atoms with Crippen molar-refractivity contribution in [2.75, 3.05) is 0 Å². The summed E-state index contributed by atoms with van der Waals surface area (Å²) in [5, 5.41) is 21.0. The fourth-order valence-corrected chi connectivity index (χ4v) is 6.10. The predicted octanol–water partition coefficient (Wildman–Crippen LogP) is 6.76. The molecule has 3 saturated carbocycles. The molecule has 0 radical (unpaired) electrons. The third kappa shape index (κ3) is 5.02. The van der Waals surface area contributed by atoms with Gasteiger partial charge in [-0.15, -0.1) is 0 Å². The monoisotopic (exact) mass is 421 g/mol. The first-order valence-electron chi connectivity index (χ1n) is 15.9. The largest absolute Gasteiger partial charge is 0.393 e. The molecule has 0 aromatic rings. The Kier molecular flexibility index (Phi) is 4.31. The van der Waals surface area contributed by atoms with E-state index in [1.807, 2.05) is 6.92 Å². The molecule has 0 aliphatic heterocycles. The smallest absolute Gasteiger partial charge is 0.0651 e. The van der Waals surface area contributed by atoms with Gasteiger partial charge >= 0.3 is 0 Å². The highest BCUT2D eigenvalue weighted by Gasteiger charge is 2.50. The highest BCUT2D eigenvalue weighted by molar-refractivity contribution is 5.36. The van der Waals surface area contributed by atoms with Gasteiger partial charge in [0.2, 0.25) is 0 Å². The molecule has 30 heavy (non-hydrogen) atoms. The van der Waals surface area contributed by atoms with Crippen LogP contribution in [0.5, 0.6) is 0 Å². The van der Waals surface area contributed by atoms with Gasteiger partial charge in [0.15, 0.2) is 0 Å². The third-order valence-corrected chi connectivity index (χ3v) is 7.92. The second-order valence-corrected chi connectivity index (χ2v) is 10.0. The van der Waals surface area contributed by atoms with E-state index < -0.39 is 32.1 Å². The predicted molar refractivity (Wildman–Crippen MR) is 127 cm³/mol. The number of allylic oxidation sites excluding steroid dienone is 5. The van der Waals surface area contributed by atoms with Crippen LogP contribution in [0.25, 0.3) is 0 Å². The van der Waals surface area contributed by atoms with Crippen molar-refractivity contribution in [1.29, 1.82) is 0 Å². The van der Waals surface area contributed by atoms with Crippen LogP contribution in [0.2, 0.25) is 0 Å². The minimum Gasteiger partial charge on any atom is -0.393 e. The molecular weight excluding hydrogens is 368 g/mol. The summed E-state index contributed by atoms with van der Waals surface area (Å²) in [5.74, 6) is -1.68. The summed E-state index contributed by atoms with van der Waals surface area (Å²) in [7, 11) is 0. The van der Waals surface area contributed by atoms with Crippen LogP contribution in [0.4, 0.5) is 0 Å². The Hall–Kier alpha value is -1.12. The van der Waals surface area contributed by atoms with Crippen molar-refractivity contribution in [1.82, 2.24) is 0 Å². The Morgan fingerprint density at radius 3 is 2.73 bits per heavy atom. The Morgan fingerprint density at radius 1 is 1.20 bits per heavy atom. The molecule has 0 amide bonds. The van der Waals surface area contributed by atoms with E-state index in [9.17, 15) is 10.2 Å². The van der Waals surface area contributed by atoms with Crippen molar-refractivity contribution in [3.8, 4) is 0 Å². The summed E-state index contributed by atoms with van der Waals surface area (Å²) in [6, 6.07) is 0. The van der Waals surface area contributed by atoms with Gasteiger partial charge in [0.05, 0.1) is 11.7 Å². The lowest BCUT2D eigenvalue weighted by molar-refractivity contribution is 0.0436. The Morgan fingerprint density at radius 2 is 2.00 bits per heavy atom. The minimum absolute atomic E-state index is 0.0464. The minimum atomic E-state index is -3.42. The summed E-state index contributed by atoms with van der Waals surface area (Å²) < 4.78 is 70.1. The molecule has 0 saturated heterocycles. The molecule has 0 heterocycles. The number of aliphatic hydroxyl groups is 2. The molecule has 3 rings (SSSR count). The van der Waals surface area contributed by atoms with Crippen LogP contribution in [-0.2, 0) is 0 Å². The van der Waals surface area contributed by atoms with Crippen molar-refractivity contribution < 1.29 is 22.5 Å². The number of fused-ring (bicyclic) bond motifs is 1. The summed E-state index contributed by atoms with van der Waals surface area (Å²) in [6.07, 6.45) is 13.8. The molecule has 0 aromatic carbocycles. The lowest BCUT2D eigenvalue weighted by Crippen LogP contribution is -2.35. The van der Waals surface area contributed by atoms with Crippen LogP contribution < -0.4 is 0 Å². The van der Waals surface area contributed by atoms with Crippen molar-refractivity contribution in [3.05, 3.63) is 47.6 Å². The average molecular weight is 422 g/mol. The van der Waals surface area contributed by atoms with Gasteiger partial charge in [-0.05, 0) is 93.8 Å². The lowest BCUT2D eigenvalue weighted by Gasteiger charge is -2.44. The second kappa shape index (κ2) is 9.17. The zero-order chi connectivity index (χ0) is 29.6. The first kappa shape index (κ1) is 14.1. The maximum Gasteiger partial charge on any atom is 0.0651 e. The highest BCUT2D eigenvalue weighted by Crippen LogP contribution is 2.59. The Bertz CT molecular complexity index is 988. The number of aliphatic hydroxyl groups excluding tert-OH is 1. The van der Waals surface area contributed by atoms with Crippen LogP contribution in [-0.4, -0.2) is 21.9 Å². The maximum atomic E-state index is 11.0. The molecule has 3 aliphatic rings. The Balaban J connectivity index is 1.88. The highest BCUT2D eigenvalue weighted by atomic mass is 16.3. The quantitative estimate of drug-likeness (QED) is 0.482.